The number of ether oxygens (including phenoxy) is 1. The van der Waals surface area contributed by atoms with Crippen LogP contribution in [0.15, 0.2) is 22.7 Å². The van der Waals surface area contributed by atoms with Gasteiger partial charge in [-0.15, -0.1) is 0 Å². The van der Waals surface area contributed by atoms with Gasteiger partial charge in [0.15, 0.2) is 0 Å². The van der Waals surface area contributed by atoms with E-state index in [0.717, 1.165) is 36.1 Å². The molecule has 3 nitrogen and oxygen atoms in total. The Morgan fingerprint density at radius 1 is 1.55 bits per heavy atom. The normalized spacial score (nSPS) is 21.9. The first-order chi connectivity index (χ1) is 9.60. The second-order valence-corrected chi connectivity index (χ2v) is 6.07. The fourth-order valence-electron chi connectivity index (χ4n) is 2.54. The largest absolute Gasteiger partial charge is 0.390 e. The summed E-state index contributed by atoms with van der Waals surface area (Å²) in [7, 11) is 0. The average molecular weight is 346 g/mol. The maximum atomic E-state index is 13.3. The van der Waals surface area contributed by atoms with Crippen molar-refractivity contribution >= 4 is 15.9 Å². The Bertz CT molecular complexity index is 442. The summed E-state index contributed by atoms with van der Waals surface area (Å²) in [5.41, 5.74) is 0.772. The smallest absolute Gasteiger partial charge is 0.123 e. The molecule has 1 aromatic rings. The summed E-state index contributed by atoms with van der Waals surface area (Å²) in [6.45, 7) is 5.47. The van der Waals surface area contributed by atoms with Crippen LogP contribution in [0.25, 0.3) is 0 Å². The van der Waals surface area contributed by atoms with Crippen molar-refractivity contribution in [2.24, 2.45) is 0 Å². The molecule has 0 radical (unpaired) electrons. The van der Waals surface area contributed by atoms with Gasteiger partial charge in [-0.2, -0.15) is 0 Å². The van der Waals surface area contributed by atoms with E-state index in [0.29, 0.717) is 13.0 Å². The van der Waals surface area contributed by atoms with E-state index >= 15 is 0 Å². The highest BCUT2D eigenvalue weighted by atomic mass is 79.9. The zero-order valence-electron chi connectivity index (χ0n) is 11.7. The molecule has 0 spiro atoms. The number of hydrogen-bond donors (Lipinski definition) is 1. The SMILES string of the molecule is CCCN1CCOC(C(O)Cc2cc(F)ccc2Br)C1. The van der Waals surface area contributed by atoms with Crippen molar-refractivity contribution in [1.29, 1.82) is 0 Å². The second-order valence-electron chi connectivity index (χ2n) is 5.22. The van der Waals surface area contributed by atoms with E-state index in [1.54, 1.807) is 6.07 Å². The topological polar surface area (TPSA) is 32.7 Å². The van der Waals surface area contributed by atoms with Crippen LogP contribution in [-0.2, 0) is 11.2 Å². The Labute approximate surface area is 127 Å². The van der Waals surface area contributed by atoms with Crippen LogP contribution in [0.1, 0.15) is 18.9 Å². The monoisotopic (exact) mass is 345 g/mol. The number of aliphatic hydroxyl groups excluding tert-OH is 1. The van der Waals surface area contributed by atoms with Gasteiger partial charge < -0.3 is 9.84 Å². The van der Waals surface area contributed by atoms with Crippen molar-refractivity contribution in [3.8, 4) is 0 Å². The fraction of sp³-hybridized carbons (Fsp3) is 0.600. The number of aliphatic hydroxyl groups is 1. The highest BCUT2D eigenvalue weighted by Crippen LogP contribution is 2.21. The van der Waals surface area contributed by atoms with Gasteiger partial charge in [-0.05, 0) is 36.7 Å². The molecular formula is C15H21BrFNO2. The van der Waals surface area contributed by atoms with Gasteiger partial charge in [0.25, 0.3) is 0 Å². The molecule has 1 N–H and O–H groups in total. The number of rotatable bonds is 5. The first kappa shape index (κ1) is 15.9. The van der Waals surface area contributed by atoms with Gasteiger partial charge in [-0.3, -0.25) is 4.90 Å². The number of halogens is 2. The molecule has 0 saturated carbocycles. The van der Waals surface area contributed by atoms with Gasteiger partial charge in [0, 0.05) is 24.0 Å². The summed E-state index contributed by atoms with van der Waals surface area (Å²) in [6.07, 6.45) is 0.666. The van der Waals surface area contributed by atoms with Crippen LogP contribution in [0, 0.1) is 5.82 Å². The third kappa shape index (κ3) is 4.25. The quantitative estimate of drug-likeness (QED) is 0.890. The molecule has 5 heteroatoms. The lowest BCUT2D eigenvalue weighted by atomic mass is 10.0. The van der Waals surface area contributed by atoms with E-state index in [2.05, 4.69) is 27.8 Å². The van der Waals surface area contributed by atoms with Crippen molar-refractivity contribution in [2.45, 2.75) is 32.0 Å². The molecule has 0 amide bonds. The molecule has 112 valence electrons. The van der Waals surface area contributed by atoms with Crippen molar-refractivity contribution in [3.63, 3.8) is 0 Å². The van der Waals surface area contributed by atoms with Gasteiger partial charge in [-0.1, -0.05) is 22.9 Å². The zero-order chi connectivity index (χ0) is 14.5. The predicted molar refractivity (Wildman–Crippen MR) is 80.3 cm³/mol. The van der Waals surface area contributed by atoms with E-state index in [1.807, 2.05) is 0 Å². The molecule has 1 aromatic carbocycles. The number of benzene rings is 1. The summed E-state index contributed by atoms with van der Waals surface area (Å²) in [5.74, 6) is -0.285. The Morgan fingerprint density at radius 3 is 3.10 bits per heavy atom. The molecule has 1 saturated heterocycles. The van der Waals surface area contributed by atoms with E-state index in [9.17, 15) is 9.50 Å². The lowest BCUT2D eigenvalue weighted by molar-refractivity contribution is -0.0877. The minimum absolute atomic E-state index is 0.203. The predicted octanol–water partition coefficient (Wildman–Crippen LogP) is 2.60. The Balaban J connectivity index is 1.96. The lowest BCUT2D eigenvalue weighted by Gasteiger charge is -2.35. The van der Waals surface area contributed by atoms with E-state index in [-0.39, 0.29) is 11.9 Å². The molecule has 1 heterocycles. The minimum Gasteiger partial charge on any atom is -0.390 e. The first-order valence-corrected chi connectivity index (χ1v) is 7.85. The van der Waals surface area contributed by atoms with Crippen molar-refractivity contribution in [3.05, 3.63) is 34.1 Å². The highest BCUT2D eigenvalue weighted by molar-refractivity contribution is 9.10. The van der Waals surface area contributed by atoms with Crippen molar-refractivity contribution < 1.29 is 14.2 Å². The zero-order valence-corrected chi connectivity index (χ0v) is 13.3. The van der Waals surface area contributed by atoms with Crippen LogP contribution < -0.4 is 0 Å². The summed E-state index contributed by atoms with van der Waals surface area (Å²) in [4.78, 5) is 2.30. The highest BCUT2D eigenvalue weighted by Gasteiger charge is 2.27. The molecular weight excluding hydrogens is 325 g/mol. The fourth-order valence-corrected chi connectivity index (χ4v) is 2.95. The molecule has 2 unspecified atom stereocenters. The van der Waals surface area contributed by atoms with Gasteiger partial charge >= 0.3 is 0 Å². The van der Waals surface area contributed by atoms with Gasteiger partial charge in [0.05, 0.1) is 18.8 Å². The van der Waals surface area contributed by atoms with E-state index < -0.39 is 6.10 Å². The summed E-state index contributed by atoms with van der Waals surface area (Å²) in [6, 6.07) is 4.53. The van der Waals surface area contributed by atoms with Gasteiger partial charge in [-0.25, -0.2) is 4.39 Å². The number of morpholine rings is 1. The van der Waals surface area contributed by atoms with Crippen LogP contribution in [0.2, 0.25) is 0 Å². The maximum Gasteiger partial charge on any atom is 0.123 e. The molecule has 0 aliphatic carbocycles. The average Bonchev–Trinajstić information content (AvgIpc) is 2.43. The maximum absolute atomic E-state index is 13.3. The third-order valence-corrected chi connectivity index (χ3v) is 4.36. The molecule has 2 rings (SSSR count). The second kappa shape index (κ2) is 7.50. The van der Waals surface area contributed by atoms with E-state index in [4.69, 9.17) is 4.74 Å². The molecule has 1 fully saturated rings. The Hall–Kier alpha value is -0.490. The van der Waals surface area contributed by atoms with Crippen LogP contribution in [0.4, 0.5) is 4.39 Å². The molecule has 1 aliphatic heterocycles. The molecule has 20 heavy (non-hydrogen) atoms. The Morgan fingerprint density at radius 2 is 2.35 bits per heavy atom. The van der Waals surface area contributed by atoms with Crippen LogP contribution >= 0.6 is 15.9 Å². The van der Waals surface area contributed by atoms with Crippen molar-refractivity contribution in [1.82, 2.24) is 4.90 Å². The molecule has 1 aliphatic rings. The summed E-state index contributed by atoms with van der Waals surface area (Å²) < 4.78 is 19.7. The minimum atomic E-state index is -0.618. The van der Waals surface area contributed by atoms with E-state index in [1.165, 1.54) is 12.1 Å². The third-order valence-electron chi connectivity index (χ3n) is 3.58. The summed E-state index contributed by atoms with van der Waals surface area (Å²) >= 11 is 3.39. The number of hydrogen-bond acceptors (Lipinski definition) is 3. The van der Waals surface area contributed by atoms with Crippen LogP contribution in [0.5, 0.6) is 0 Å². The standard InChI is InChI=1S/C15H21BrFNO2/c1-2-5-18-6-7-20-15(10-18)14(19)9-11-8-12(17)3-4-13(11)16/h3-4,8,14-15,19H,2,5-7,9-10H2,1H3. The first-order valence-electron chi connectivity index (χ1n) is 7.06. The van der Waals surface area contributed by atoms with Gasteiger partial charge in [0.1, 0.15) is 5.82 Å². The Kier molecular flexibility index (Phi) is 5.96. The molecule has 0 bridgehead atoms. The lowest BCUT2D eigenvalue weighted by Crippen LogP contribution is -2.48. The molecule has 0 aromatic heterocycles. The van der Waals surface area contributed by atoms with Crippen LogP contribution in [-0.4, -0.2) is 48.5 Å². The van der Waals surface area contributed by atoms with Crippen molar-refractivity contribution in [2.75, 3.05) is 26.2 Å². The van der Waals surface area contributed by atoms with Crippen LogP contribution in [0.3, 0.4) is 0 Å². The number of nitrogens with zero attached hydrogens (tertiary/aromatic N) is 1. The summed E-state index contributed by atoms with van der Waals surface area (Å²) in [5, 5.41) is 10.3. The van der Waals surface area contributed by atoms with Gasteiger partial charge in [0.2, 0.25) is 0 Å². The molecule has 2 atom stereocenters.